The Labute approximate surface area is 137 Å². The summed E-state index contributed by atoms with van der Waals surface area (Å²) < 4.78 is 0. The summed E-state index contributed by atoms with van der Waals surface area (Å²) in [5.41, 5.74) is 8.75. The second kappa shape index (κ2) is 5.09. The number of nitrogens with zero attached hydrogens (tertiary/aromatic N) is 2. The fourth-order valence-electron chi connectivity index (χ4n) is 3.94. The highest BCUT2D eigenvalue weighted by molar-refractivity contribution is 5.85. The molecular formula is C21H20N2. The van der Waals surface area contributed by atoms with Crippen molar-refractivity contribution in [3.63, 3.8) is 0 Å². The van der Waals surface area contributed by atoms with E-state index in [0.717, 1.165) is 18.9 Å². The first-order chi connectivity index (χ1) is 11.4. The summed E-state index contributed by atoms with van der Waals surface area (Å²) in [6.45, 7) is 0.876. The summed E-state index contributed by atoms with van der Waals surface area (Å²) in [6.07, 6.45) is 11.1. The molecule has 2 aromatic rings. The Morgan fingerprint density at radius 2 is 1.96 bits per heavy atom. The van der Waals surface area contributed by atoms with Gasteiger partial charge in [0.05, 0.1) is 6.54 Å². The second-order valence-corrected chi connectivity index (χ2v) is 6.86. The number of hydrogen-bond donors (Lipinski definition) is 0. The van der Waals surface area contributed by atoms with E-state index in [2.05, 4.69) is 52.5 Å². The van der Waals surface area contributed by atoms with Crippen molar-refractivity contribution < 1.29 is 0 Å². The van der Waals surface area contributed by atoms with E-state index in [1.807, 2.05) is 12.4 Å². The van der Waals surface area contributed by atoms with Crippen molar-refractivity contribution in [3.8, 4) is 11.1 Å². The Hall–Kier alpha value is -2.35. The zero-order chi connectivity index (χ0) is 15.2. The third-order valence-electron chi connectivity index (χ3n) is 5.25. The number of anilines is 1. The molecule has 0 atom stereocenters. The highest BCUT2D eigenvalue weighted by Gasteiger charge is 2.28. The molecule has 1 saturated carbocycles. The number of fused-ring (bicyclic) bond motifs is 3. The second-order valence-electron chi connectivity index (χ2n) is 6.86. The molecule has 0 aromatic heterocycles. The lowest BCUT2D eigenvalue weighted by atomic mass is 9.96. The van der Waals surface area contributed by atoms with E-state index < -0.39 is 0 Å². The van der Waals surface area contributed by atoms with Crippen molar-refractivity contribution in [2.75, 3.05) is 11.4 Å². The highest BCUT2D eigenvalue weighted by Crippen LogP contribution is 2.45. The molecule has 0 bridgehead atoms. The zero-order valence-electron chi connectivity index (χ0n) is 13.2. The lowest BCUT2D eigenvalue weighted by molar-refractivity contribution is 0.827. The number of hydrogen-bond acceptors (Lipinski definition) is 2. The van der Waals surface area contributed by atoms with Crippen LogP contribution in [0.5, 0.6) is 0 Å². The van der Waals surface area contributed by atoms with Crippen LogP contribution < -0.4 is 4.90 Å². The third-order valence-corrected chi connectivity index (χ3v) is 5.25. The largest absolute Gasteiger partial charge is 0.341 e. The molecule has 0 amide bonds. The molecule has 2 heteroatoms. The Balaban J connectivity index is 1.66. The molecular weight excluding hydrogens is 280 g/mol. The maximum absolute atomic E-state index is 4.24. The highest BCUT2D eigenvalue weighted by atomic mass is 15.1. The van der Waals surface area contributed by atoms with Gasteiger partial charge in [-0.3, -0.25) is 4.99 Å². The molecule has 2 aromatic carbocycles. The number of rotatable bonds is 3. The van der Waals surface area contributed by atoms with Gasteiger partial charge in [-0.05, 0) is 53.0 Å². The zero-order valence-corrected chi connectivity index (χ0v) is 13.2. The quantitative estimate of drug-likeness (QED) is 0.691. The Morgan fingerprint density at radius 1 is 1.04 bits per heavy atom. The van der Waals surface area contributed by atoms with Gasteiger partial charge in [0.25, 0.3) is 0 Å². The molecule has 0 saturated heterocycles. The molecule has 3 aliphatic rings. The van der Waals surface area contributed by atoms with Gasteiger partial charge in [-0.1, -0.05) is 36.4 Å². The first-order valence-corrected chi connectivity index (χ1v) is 8.58. The standard InChI is InChI=1S/C21H20N2/c1-2-4-18-16(3-1)14-20-19(18)8-7-17(13-15-5-6-15)21(20)23-11-9-22-10-12-23/h1-4,7-11,15H,5-6,12-14H2. The maximum atomic E-state index is 4.24. The number of aliphatic imine (C=N–C) groups is 1. The van der Waals surface area contributed by atoms with Crippen molar-refractivity contribution in [1.82, 2.24) is 0 Å². The minimum Gasteiger partial charge on any atom is -0.341 e. The molecule has 114 valence electrons. The number of benzene rings is 2. The molecule has 1 heterocycles. The normalized spacial score (nSPS) is 18.2. The van der Waals surface area contributed by atoms with Gasteiger partial charge in [-0.15, -0.1) is 0 Å². The minimum absolute atomic E-state index is 0.876. The molecule has 0 radical (unpaired) electrons. The predicted octanol–water partition coefficient (Wildman–Crippen LogP) is 4.57. The first kappa shape index (κ1) is 13.1. The predicted molar refractivity (Wildman–Crippen MR) is 96.1 cm³/mol. The molecule has 2 aliphatic carbocycles. The molecule has 23 heavy (non-hydrogen) atoms. The summed E-state index contributed by atoms with van der Waals surface area (Å²) in [7, 11) is 0. The third kappa shape index (κ3) is 2.21. The van der Waals surface area contributed by atoms with Crippen LogP contribution in [0.25, 0.3) is 11.1 Å². The van der Waals surface area contributed by atoms with E-state index in [-0.39, 0.29) is 0 Å². The van der Waals surface area contributed by atoms with Gasteiger partial charge in [-0.25, -0.2) is 0 Å². The summed E-state index contributed by atoms with van der Waals surface area (Å²) in [5, 5.41) is 0. The molecule has 0 spiro atoms. The van der Waals surface area contributed by atoms with Crippen LogP contribution in [0, 0.1) is 5.92 Å². The van der Waals surface area contributed by atoms with E-state index >= 15 is 0 Å². The van der Waals surface area contributed by atoms with E-state index in [4.69, 9.17) is 0 Å². The minimum atomic E-state index is 0.876. The van der Waals surface area contributed by atoms with Crippen LogP contribution in [0.4, 0.5) is 5.69 Å². The smallest absolute Gasteiger partial charge is 0.0579 e. The fraction of sp³-hybridized carbons (Fsp3) is 0.286. The van der Waals surface area contributed by atoms with Crippen LogP contribution in [0.3, 0.4) is 0 Å². The fourth-order valence-corrected chi connectivity index (χ4v) is 3.94. The van der Waals surface area contributed by atoms with Crippen molar-refractivity contribution in [1.29, 1.82) is 0 Å². The van der Waals surface area contributed by atoms with Gasteiger partial charge < -0.3 is 4.90 Å². The monoisotopic (exact) mass is 300 g/mol. The van der Waals surface area contributed by atoms with E-state index in [0.29, 0.717) is 0 Å². The van der Waals surface area contributed by atoms with Crippen molar-refractivity contribution in [2.45, 2.75) is 25.7 Å². The first-order valence-electron chi connectivity index (χ1n) is 8.58. The van der Waals surface area contributed by atoms with Gasteiger partial charge in [0, 0.05) is 30.7 Å². The average Bonchev–Trinajstić information content (AvgIpc) is 3.33. The molecule has 1 aliphatic heterocycles. The van der Waals surface area contributed by atoms with Crippen LogP contribution in [-0.2, 0) is 12.8 Å². The van der Waals surface area contributed by atoms with Crippen LogP contribution >= 0.6 is 0 Å². The van der Waals surface area contributed by atoms with E-state index in [1.165, 1.54) is 52.8 Å². The van der Waals surface area contributed by atoms with Crippen LogP contribution in [-0.4, -0.2) is 12.8 Å². The lowest BCUT2D eigenvalue weighted by Gasteiger charge is -2.26. The SMILES string of the molecule is C1=CN(c2c(CC3CC3)ccc3c2Cc2ccccc2-3)CC=N1. The van der Waals surface area contributed by atoms with Gasteiger partial charge in [0.1, 0.15) is 0 Å². The average molecular weight is 300 g/mol. The van der Waals surface area contributed by atoms with E-state index in [9.17, 15) is 0 Å². The van der Waals surface area contributed by atoms with Gasteiger partial charge in [0.2, 0.25) is 0 Å². The van der Waals surface area contributed by atoms with Crippen molar-refractivity contribution >= 4 is 11.9 Å². The summed E-state index contributed by atoms with van der Waals surface area (Å²) in [4.78, 5) is 6.63. The molecule has 0 unspecified atom stereocenters. The molecule has 1 fully saturated rings. The van der Waals surface area contributed by atoms with Gasteiger partial charge in [-0.2, -0.15) is 0 Å². The summed E-state index contributed by atoms with van der Waals surface area (Å²) >= 11 is 0. The molecule has 0 N–H and O–H groups in total. The van der Waals surface area contributed by atoms with Crippen LogP contribution in [0.2, 0.25) is 0 Å². The van der Waals surface area contributed by atoms with Crippen molar-refractivity contribution in [3.05, 3.63) is 65.5 Å². The molecule has 2 nitrogen and oxygen atoms in total. The summed E-state index contributed by atoms with van der Waals surface area (Å²) in [6, 6.07) is 13.6. The lowest BCUT2D eigenvalue weighted by Crippen LogP contribution is -2.23. The summed E-state index contributed by atoms with van der Waals surface area (Å²) in [5.74, 6) is 0.901. The van der Waals surface area contributed by atoms with Gasteiger partial charge >= 0.3 is 0 Å². The maximum Gasteiger partial charge on any atom is 0.0579 e. The van der Waals surface area contributed by atoms with Crippen LogP contribution in [0.15, 0.2) is 53.8 Å². The Bertz CT molecular complexity index is 828. The van der Waals surface area contributed by atoms with Crippen LogP contribution in [0.1, 0.15) is 29.5 Å². The van der Waals surface area contributed by atoms with Crippen molar-refractivity contribution in [2.24, 2.45) is 10.9 Å². The van der Waals surface area contributed by atoms with E-state index in [1.54, 1.807) is 0 Å². The topological polar surface area (TPSA) is 15.6 Å². The Morgan fingerprint density at radius 3 is 2.78 bits per heavy atom. The molecule has 5 rings (SSSR count). The Kier molecular flexibility index (Phi) is 2.90. The van der Waals surface area contributed by atoms with Gasteiger partial charge in [0.15, 0.2) is 0 Å².